The molecule has 124 valence electrons. The fraction of sp³-hybridized carbons (Fsp3) is 0.133. The molecule has 0 fully saturated rings. The summed E-state index contributed by atoms with van der Waals surface area (Å²) in [6.07, 6.45) is 2.56. The van der Waals surface area contributed by atoms with Crippen molar-refractivity contribution in [3.63, 3.8) is 0 Å². The molecule has 0 aliphatic heterocycles. The van der Waals surface area contributed by atoms with Gasteiger partial charge in [-0.15, -0.1) is 10.2 Å². The van der Waals surface area contributed by atoms with E-state index < -0.39 is 11.2 Å². The van der Waals surface area contributed by atoms with Crippen LogP contribution in [0.4, 0.5) is 0 Å². The summed E-state index contributed by atoms with van der Waals surface area (Å²) < 4.78 is 6.81. The molecule has 0 unspecified atom stereocenters. The first-order valence-corrected chi connectivity index (χ1v) is 7.95. The van der Waals surface area contributed by atoms with Gasteiger partial charge in [-0.1, -0.05) is 23.9 Å². The molecular weight excluding hydrogens is 332 g/mol. The van der Waals surface area contributed by atoms with Gasteiger partial charge in [0, 0.05) is 6.07 Å². The average molecular weight is 346 g/mol. The average Bonchev–Trinajstić information content (AvgIpc) is 3.03. The van der Waals surface area contributed by atoms with Gasteiger partial charge < -0.3 is 20.1 Å². The Balaban J connectivity index is 1.61. The van der Waals surface area contributed by atoms with Gasteiger partial charge in [0.25, 0.3) is 0 Å². The number of benzene rings is 1. The lowest BCUT2D eigenvalue weighted by Crippen LogP contribution is -2.14. The van der Waals surface area contributed by atoms with E-state index in [2.05, 4.69) is 15.6 Å². The van der Waals surface area contributed by atoms with Gasteiger partial charge in [0.1, 0.15) is 24.1 Å². The number of nitrogens with one attached hydrogen (secondary N) is 1. The minimum absolute atomic E-state index is 0.217. The summed E-state index contributed by atoms with van der Waals surface area (Å²) in [6, 6.07) is 8.10. The number of phenols is 1. The highest BCUT2D eigenvalue weighted by atomic mass is 32.2. The smallest absolute Gasteiger partial charge is 0.226 e. The van der Waals surface area contributed by atoms with Gasteiger partial charge in [-0.3, -0.25) is 4.79 Å². The number of hydrogen-bond acceptors (Lipinski definition) is 8. The van der Waals surface area contributed by atoms with Crippen molar-refractivity contribution in [2.45, 2.75) is 17.5 Å². The zero-order valence-corrected chi connectivity index (χ0v) is 13.2. The van der Waals surface area contributed by atoms with E-state index in [1.807, 2.05) is 12.1 Å². The van der Waals surface area contributed by atoms with E-state index in [0.717, 1.165) is 11.8 Å². The molecule has 0 spiro atoms. The third-order valence-electron chi connectivity index (χ3n) is 3.12. The molecule has 9 heteroatoms. The Kier molecular flexibility index (Phi) is 4.71. The Labute approximate surface area is 140 Å². The predicted octanol–water partition coefficient (Wildman–Crippen LogP) is 1.68. The molecule has 0 radical (unpaired) electrons. The summed E-state index contributed by atoms with van der Waals surface area (Å²) in [5.74, 6) is 0.600. The van der Waals surface area contributed by atoms with Gasteiger partial charge in [-0.2, -0.15) is 0 Å². The van der Waals surface area contributed by atoms with Gasteiger partial charge in [-0.25, -0.2) is 4.68 Å². The van der Waals surface area contributed by atoms with Crippen LogP contribution in [0.15, 0.2) is 57.3 Å². The maximum atomic E-state index is 11.4. The van der Waals surface area contributed by atoms with Crippen LogP contribution in [0.2, 0.25) is 0 Å². The second-order valence-electron chi connectivity index (χ2n) is 4.87. The highest BCUT2D eigenvalue weighted by molar-refractivity contribution is 7.98. The maximum Gasteiger partial charge on any atom is 0.226 e. The van der Waals surface area contributed by atoms with Crippen molar-refractivity contribution in [3.8, 4) is 11.5 Å². The van der Waals surface area contributed by atoms with Crippen LogP contribution in [0, 0.1) is 0 Å². The van der Waals surface area contributed by atoms with Crippen molar-refractivity contribution < 1.29 is 14.6 Å². The van der Waals surface area contributed by atoms with E-state index in [9.17, 15) is 15.0 Å². The van der Waals surface area contributed by atoms with Crippen LogP contribution in [0.3, 0.4) is 0 Å². The van der Waals surface area contributed by atoms with Gasteiger partial charge in [0.2, 0.25) is 10.6 Å². The molecule has 3 rings (SSSR count). The fourth-order valence-electron chi connectivity index (χ4n) is 1.88. The number of thioether (sulfide) groups is 1. The summed E-state index contributed by atoms with van der Waals surface area (Å²) >= 11 is 1.33. The van der Waals surface area contributed by atoms with Crippen LogP contribution in [-0.2, 0) is 12.3 Å². The molecule has 2 aromatic heterocycles. The number of aromatic hydroxyl groups is 2. The standard InChI is InChI=1S/C15H14N4O4S/c20-11-3-1-10(2-4-11)6-17-19-9-16-18-15(19)24-8-12-5-13(21)14(22)7-23-12/h1-5,7,9,17,20,22H,6,8H2. The summed E-state index contributed by atoms with van der Waals surface area (Å²) in [5, 5.41) is 26.9. The first-order valence-electron chi connectivity index (χ1n) is 6.97. The molecule has 3 aromatic rings. The molecule has 0 aliphatic carbocycles. The van der Waals surface area contributed by atoms with Crippen LogP contribution >= 0.6 is 11.8 Å². The van der Waals surface area contributed by atoms with Crippen LogP contribution in [0.25, 0.3) is 0 Å². The number of rotatable bonds is 6. The SMILES string of the molecule is O=c1cc(CSc2nncn2NCc2ccc(O)cc2)occ1O. The summed E-state index contributed by atoms with van der Waals surface area (Å²) in [4.78, 5) is 11.4. The van der Waals surface area contributed by atoms with E-state index in [-0.39, 0.29) is 5.75 Å². The molecule has 3 N–H and O–H groups in total. The van der Waals surface area contributed by atoms with Crippen LogP contribution in [-0.4, -0.2) is 25.1 Å². The molecular formula is C15H14N4O4S. The predicted molar refractivity (Wildman–Crippen MR) is 87.4 cm³/mol. The zero-order valence-electron chi connectivity index (χ0n) is 12.4. The second-order valence-corrected chi connectivity index (χ2v) is 5.81. The van der Waals surface area contributed by atoms with E-state index >= 15 is 0 Å². The monoisotopic (exact) mass is 346 g/mol. The van der Waals surface area contributed by atoms with Crippen molar-refractivity contribution in [2.24, 2.45) is 0 Å². The molecule has 24 heavy (non-hydrogen) atoms. The topological polar surface area (TPSA) is 113 Å². The highest BCUT2D eigenvalue weighted by Crippen LogP contribution is 2.20. The molecule has 0 aliphatic rings. The molecule has 2 heterocycles. The zero-order chi connectivity index (χ0) is 16.9. The first kappa shape index (κ1) is 15.9. The number of hydrogen-bond donors (Lipinski definition) is 3. The van der Waals surface area contributed by atoms with Crippen LogP contribution in [0.5, 0.6) is 11.5 Å². The van der Waals surface area contributed by atoms with E-state index in [1.54, 1.807) is 16.8 Å². The lowest BCUT2D eigenvalue weighted by molar-refractivity contribution is 0.419. The Hall–Kier alpha value is -2.94. The third kappa shape index (κ3) is 3.87. The van der Waals surface area contributed by atoms with Crippen molar-refractivity contribution >= 4 is 11.8 Å². The van der Waals surface area contributed by atoms with Crippen LogP contribution in [0.1, 0.15) is 11.3 Å². The molecule has 0 saturated heterocycles. The third-order valence-corrected chi connectivity index (χ3v) is 4.08. The van der Waals surface area contributed by atoms with E-state index in [1.165, 1.54) is 24.2 Å². The van der Waals surface area contributed by atoms with Gasteiger partial charge >= 0.3 is 0 Å². The Morgan fingerprint density at radius 3 is 2.79 bits per heavy atom. The largest absolute Gasteiger partial charge is 0.508 e. The molecule has 0 saturated carbocycles. The van der Waals surface area contributed by atoms with Crippen molar-refractivity contribution in [2.75, 3.05) is 5.43 Å². The Morgan fingerprint density at radius 1 is 1.25 bits per heavy atom. The second kappa shape index (κ2) is 7.09. The molecule has 1 aromatic carbocycles. The normalized spacial score (nSPS) is 10.7. The van der Waals surface area contributed by atoms with Gasteiger partial charge in [-0.05, 0) is 17.7 Å². The van der Waals surface area contributed by atoms with Crippen molar-refractivity contribution in [1.29, 1.82) is 0 Å². The number of aromatic nitrogens is 3. The minimum atomic E-state index is -0.483. The molecule has 0 amide bonds. The molecule has 0 bridgehead atoms. The lowest BCUT2D eigenvalue weighted by atomic mass is 10.2. The number of phenolic OH excluding ortho intramolecular Hbond substituents is 1. The summed E-state index contributed by atoms with van der Waals surface area (Å²) in [6.45, 7) is 0.528. The quantitative estimate of drug-likeness (QED) is 0.578. The Bertz CT molecular complexity index is 876. The number of nitrogens with zero attached hydrogens (tertiary/aromatic N) is 3. The van der Waals surface area contributed by atoms with Crippen LogP contribution < -0.4 is 10.9 Å². The Morgan fingerprint density at radius 2 is 2.04 bits per heavy atom. The first-order chi connectivity index (χ1) is 11.6. The molecule has 8 nitrogen and oxygen atoms in total. The molecule has 0 atom stereocenters. The van der Waals surface area contributed by atoms with Crippen molar-refractivity contribution in [1.82, 2.24) is 14.9 Å². The summed E-state index contributed by atoms with van der Waals surface area (Å²) in [5.41, 5.74) is 3.65. The van der Waals surface area contributed by atoms with Gasteiger partial charge in [0.15, 0.2) is 5.75 Å². The van der Waals surface area contributed by atoms with Gasteiger partial charge in [0.05, 0.1) is 12.3 Å². The lowest BCUT2D eigenvalue weighted by Gasteiger charge is -2.09. The van der Waals surface area contributed by atoms with Crippen molar-refractivity contribution in [3.05, 3.63) is 64.5 Å². The minimum Gasteiger partial charge on any atom is -0.508 e. The maximum absolute atomic E-state index is 11.4. The summed E-state index contributed by atoms with van der Waals surface area (Å²) in [7, 11) is 0. The highest BCUT2D eigenvalue weighted by Gasteiger charge is 2.08. The fourth-order valence-corrected chi connectivity index (χ4v) is 2.66. The van der Waals surface area contributed by atoms with E-state index in [0.29, 0.717) is 23.2 Å². The van der Waals surface area contributed by atoms with E-state index in [4.69, 9.17) is 4.42 Å².